The summed E-state index contributed by atoms with van der Waals surface area (Å²) in [6.45, 7) is 3.66. The highest BCUT2D eigenvalue weighted by molar-refractivity contribution is 6.30. The van der Waals surface area contributed by atoms with Crippen molar-refractivity contribution in [1.82, 2.24) is 15.1 Å². The molecule has 0 amide bonds. The van der Waals surface area contributed by atoms with E-state index in [-0.39, 0.29) is 5.02 Å². The van der Waals surface area contributed by atoms with Crippen LogP contribution in [0.25, 0.3) is 5.69 Å². The Morgan fingerprint density at radius 2 is 2.24 bits per heavy atom. The Balaban J connectivity index is 2.21. The van der Waals surface area contributed by atoms with E-state index in [2.05, 4.69) is 10.4 Å². The molecule has 0 saturated carbocycles. The average molecular weight is 254 g/mol. The molecule has 1 N–H and O–H groups in total. The molecule has 3 nitrogen and oxygen atoms in total. The predicted octanol–water partition coefficient (Wildman–Crippen LogP) is 2.77. The average Bonchev–Trinajstić information content (AvgIpc) is 2.79. The molecule has 90 valence electrons. The van der Waals surface area contributed by atoms with Crippen LogP contribution >= 0.6 is 11.6 Å². The quantitative estimate of drug-likeness (QED) is 0.908. The van der Waals surface area contributed by atoms with Crippen LogP contribution in [0.5, 0.6) is 0 Å². The number of hydrogen-bond acceptors (Lipinski definition) is 2. The van der Waals surface area contributed by atoms with Gasteiger partial charge in [-0.3, -0.25) is 0 Å². The number of nitrogens with zero attached hydrogens (tertiary/aromatic N) is 2. The summed E-state index contributed by atoms with van der Waals surface area (Å²) in [5.74, 6) is -0.421. The van der Waals surface area contributed by atoms with E-state index in [1.165, 1.54) is 6.07 Å². The first-order valence-electron chi connectivity index (χ1n) is 5.41. The fourth-order valence-electron chi connectivity index (χ4n) is 1.48. The van der Waals surface area contributed by atoms with Crippen LogP contribution < -0.4 is 5.32 Å². The zero-order valence-corrected chi connectivity index (χ0v) is 10.2. The maximum absolute atomic E-state index is 13.0. The summed E-state index contributed by atoms with van der Waals surface area (Å²) >= 11 is 5.73. The molecule has 2 rings (SSSR count). The number of nitrogens with one attached hydrogen (secondary N) is 1. The molecule has 0 radical (unpaired) electrons. The molecule has 0 saturated heterocycles. The number of aromatic nitrogens is 2. The summed E-state index contributed by atoms with van der Waals surface area (Å²) in [4.78, 5) is 0. The van der Waals surface area contributed by atoms with Gasteiger partial charge >= 0.3 is 0 Å². The van der Waals surface area contributed by atoms with Crippen molar-refractivity contribution in [1.29, 1.82) is 0 Å². The van der Waals surface area contributed by atoms with Gasteiger partial charge in [0.25, 0.3) is 0 Å². The van der Waals surface area contributed by atoms with Crippen LogP contribution in [-0.4, -0.2) is 16.3 Å². The third kappa shape index (κ3) is 2.84. The highest BCUT2D eigenvalue weighted by atomic mass is 35.5. The van der Waals surface area contributed by atoms with Gasteiger partial charge in [-0.2, -0.15) is 5.10 Å². The van der Waals surface area contributed by atoms with E-state index in [1.54, 1.807) is 16.8 Å². The SMILES string of the molecule is CCNCc1ccn(-c2ccc(F)c(Cl)c2)n1. The molecule has 17 heavy (non-hydrogen) atoms. The topological polar surface area (TPSA) is 29.9 Å². The molecular weight excluding hydrogens is 241 g/mol. The van der Waals surface area contributed by atoms with Crippen LogP contribution in [0.15, 0.2) is 30.5 Å². The first-order valence-corrected chi connectivity index (χ1v) is 5.79. The molecule has 0 spiro atoms. The van der Waals surface area contributed by atoms with Crippen molar-refractivity contribution in [2.24, 2.45) is 0 Å². The van der Waals surface area contributed by atoms with Gasteiger partial charge < -0.3 is 5.32 Å². The maximum Gasteiger partial charge on any atom is 0.141 e. The van der Waals surface area contributed by atoms with Crippen molar-refractivity contribution in [3.8, 4) is 5.69 Å². The molecule has 0 aliphatic rings. The van der Waals surface area contributed by atoms with Gasteiger partial charge in [-0.15, -0.1) is 0 Å². The molecule has 1 aromatic heterocycles. The van der Waals surface area contributed by atoms with Crippen molar-refractivity contribution in [2.45, 2.75) is 13.5 Å². The lowest BCUT2D eigenvalue weighted by Crippen LogP contribution is -2.12. The van der Waals surface area contributed by atoms with Crippen LogP contribution in [0.3, 0.4) is 0 Å². The Morgan fingerprint density at radius 3 is 2.94 bits per heavy atom. The van der Waals surface area contributed by atoms with Crippen LogP contribution in [0.2, 0.25) is 5.02 Å². The van der Waals surface area contributed by atoms with Crippen LogP contribution in [0, 0.1) is 5.82 Å². The number of benzene rings is 1. The Morgan fingerprint density at radius 1 is 1.41 bits per heavy atom. The van der Waals surface area contributed by atoms with Gasteiger partial charge in [-0.1, -0.05) is 18.5 Å². The van der Waals surface area contributed by atoms with Crippen molar-refractivity contribution < 1.29 is 4.39 Å². The first-order chi connectivity index (χ1) is 8.20. The van der Waals surface area contributed by atoms with Crippen molar-refractivity contribution >= 4 is 11.6 Å². The second-order valence-electron chi connectivity index (χ2n) is 3.63. The second-order valence-corrected chi connectivity index (χ2v) is 4.04. The standard InChI is InChI=1S/C12H13ClFN3/c1-2-15-8-9-5-6-17(16-9)10-3-4-12(14)11(13)7-10/h3-7,15H,2,8H2,1H3. The summed E-state index contributed by atoms with van der Waals surface area (Å²) in [6.07, 6.45) is 1.83. The molecule has 5 heteroatoms. The van der Waals surface area contributed by atoms with Gasteiger partial charge in [0.05, 0.1) is 16.4 Å². The molecule has 0 fully saturated rings. The molecule has 0 bridgehead atoms. The third-order valence-electron chi connectivity index (χ3n) is 2.37. The lowest BCUT2D eigenvalue weighted by atomic mass is 10.3. The van der Waals surface area contributed by atoms with E-state index in [0.717, 1.165) is 24.5 Å². The highest BCUT2D eigenvalue weighted by Gasteiger charge is 2.04. The predicted molar refractivity (Wildman–Crippen MR) is 65.9 cm³/mol. The monoisotopic (exact) mass is 253 g/mol. The van der Waals surface area contributed by atoms with Gasteiger partial charge in [-0.05, 0) is 30.8 Å². The molecule has 2 aromatic rings. The van der Waals surface area contributed by atoms with E-state index in [9.17, 15) is 4.39 Å². The van der Waals surface area contributed by atoms with E-state index in [0.29, 0.717) is 0 Å². The van der Waals surface area contributed by atoms with Crippen molar-refractivity contribution in [3.63, 3.8) is 0 Å². The normalized spacial score (nSPS) is 10.8. The fourth-order valence-corrected chi connectivity index (χ4v) is 1.66. The number of rotatable bonds is 4. The molecule has 0 aliphatic heterocycles. The molecule has 0 aliphatic carbocycles. The minimum Gasteiger partial charge on any atom is -0.311 e. The highest BCUT2D eigenvalue weighted by Crippen LogP contribution is 2.18. The lowest BCUT2D eigenvalue weighted by molar-refractivity contribution is 0.627. The number of halogens is 2. The summed E-state index contributed by atoms with van der Waals surface area (Å²) in [5, 5.41) is 7.65. The smallest absolute Gasteiger partial charge is 0.141 e. The Labute approximate surface area is 104 Å². The Hall–Kier alpha value is -1.39. The lowest BCUT2D eigenvalue weighted by Gasteiger charge is -2.02. The van der Waals surface area contributed by atoms with Gasteiger partial charge in [-0.25, -0.2) is 9.07 Å². The van der Waals surface area contributed by atoms with E-state index in [1.807, 2.05) is 19.2 Å². The molecule has 1 heterocycles. The summed E-state index contributed by atoms with van der Waals surface area (Å²) in [7, 11) is 0. The maximum atomic E-state index is 13.0. The summed E-state index contributed by atoms with van der Waals surface area (Å²) < 4.78 is 14.7. The summed E-state index contributed by atoms with van der Waals surface area (Å²) in [6, 6.07) is 6.45. The zero-order chi connectivity index (χ0) is 12.3. The Kier molecular flexibility index (Phi) is 3.76. The molecule has 0 atom stereocenters. The van der Waals surface area contributed by atoms with E-state index >= 15 is 0 Å². The largest absolute Gasteiger partial charge is 0.311 e. The molecule has 0 unspecified atom stereocenters. The molecule has 1 aromatic carbocycles. The van der Waals surface area contributed by atoms with Crippen molar-refractivity contribution in [3.05, 3.63) is 47.0 Å². The van der Waals surface area contributed by atoms with Gasteiger partial charge in [0, 0.05) is 12.7 Å². The Bertz CT molecular complexity index is 510. The van der Waals surface area contributed by atoms with Crippen LogP contribution in [-0.2, 0) is 6.54 Å². The van der Waals surface area contributed by atoms with Gasteiger partial charge in [0.1, 0.15) is 5.82 Å². The third-order valence-corrected chi connectivity index (χ3v) is 2.66. The van der Waals surface area contributed by atoms with Crippen molar-refractivity contribution in [2.75, 3.05) is 6.54 Å². The molecular formula is C12H13ClFN3. The second kappa shape index (κ2) is 5.29. The van der Waals surface area contributed by atoms with Crippen LogP contribution in [0.4, 0.5) is 4.39 Å². The number of hydrogen-bond donors (Lipinski definition) is 1. The van der Waals surface area contributed by atoms with Gasteiger partial charge in [0.2, 0.25) is 0 Å². The van der Waals surface area contributed by atoms with Crippen LogP contribution in [0.1, 0.15) is 12.6 Å². The van der Waals surface area contributed by atoms with Gasteiger partial charge in [0.15, 0.2) is 0 Å². The minimum absolute atomic E-state index is 0.103. The minimum atomic E-state index is -0.421. The zero-order valence-electron chi connectivity index (χ0n) is 9.45. The first kappa shape index (κ1) is 12.1. The summed E-state index contributed by atoms with van der Waals surface area (Å²) in [5.41, 5.74) is 1.69. The fraction of sp³-hybridized carbons (Fsp3) is 0.250. The van der Waals surface area contributed by atoms with E-state index < -0.39 is 5.82 Å². The van der Waals surface area contributed by atoms with E-state index in [4.69, 9.17) is 11.6 Å².